The molecule has 4 atom stereocenters. The van der Waals surface area contributed by atoms with E-state index in [4.69, 9.17) is 4.74 Å². The third-order valence-corrected chi connectivity index (χ3v) is 3.93. The Morgan fingerprint density at radius 2 is 2.15 bits per heavy atom. The van der Waals surface area contributed by atoms with Crippen LogP contribution in [0.3, 0.4) is 0 Å². The first-order chi connectivity index (χ1) is 6.27. The SMILES string of the molecule is C=C(OC)[C@@H]1[C@@H]2CC[C@@H](C2)[C@@H]1CO. The monoisotopic (exact) mass is 182 g/mol. The molecule has 0 radical (unpaired) electrons. The maximum atomic E-state index is 9.31. The van der Waals surface area contributed by atoms with Crippen LogP contribution in [-0.4, -0.2) is 18.8 Å². The van der Waals surface area contributed by atoms with Crippen molar-refractivity contribution in [3.05, 3.63) is 12.3 Å². The number of methoxy groups -OCH3 is 1. The Morgan fingerprint density at radius 3 is 2.77 bits per heavy atom. The molecule has 2 rings (SSSR count). The van der Waals surface area contributed by atoms with Gasteiger partial charge in [-0.3, -0.25) is 0 Å². The first-order valence-corrected chi connectivity index (χ1v) is 5.11. The number of allylic oxidation sites excluding steroid dienone is 1. The van der Waals surface area contributed by atoms with Crippen molar-refractivity contribution in [2.45, 2.75) is 19.3 Å². The van der Waals surface area contributed by atoms with Crippen LogP contribution in [0.1, 0.15) is 19.3 Å². The summed E-state index contributed by atoms with van der Waals surface area (Å²) in [5.74, 6) is 3.19. The minimum atomic E-state index is 0.300. The normalized spacial score (nSPS) is 42.3. The highest BCUT2D eigenvalue weighted by Crippen LogP contribution is 2.54. The number of fused-ring (bicyclic) bond motifs is 2. The van der Waals surface area contributed by atoms with Gasteiger partial charge in [-0.15, -0.1) is 0 Å². The van der Waals surface area contributed by atoms with E-state index in [9.17, 15) is 5.11 Å². The Kier molecular flexibility index (Phi) is 2.33. The summed E-state index contributed by atoms with van der Waals surface area (Å²) in [6, 6.07) is 0. The molecule has 0 aromatic rings. The van der Waals surface area contributed by atoms with Crippen LogP contribution in [0.2, 0.25) is 0 Å². The average Bonchev–Trinajstić information content (AvgIpc) is 2.74. The summed E-state index contributed by atoms with van der Waals surface area (Å²) < 4.78 is 5.21. The van der Waals surface area contributed by atoms with Crippen LogP contribution in [0.4, 0.5) is 0 Å². The van der Waals surface area contributed by atoms with Crippen LogP contribution in [0.5, 0.6) is 0 Å². The van der Waals surface area contributed by atoms with Gasteiger partial charge in [-0.2, -0.15) is 0 Å². The van der Waals surface area contributed by atoms with Crippen molar-refractivity contribution in [1.29, 1.82) is 0 Å². The molecule has 2 heteroatoms. The predicted octanol–water partition coefficient (Wildman–Crippen LogP) is 1.80. The molecule has 2 saturated carbocycles. The molecule has 0 saturated heterocycles. The Hall–Kier alpha value is -0.500. The fraction of sp³-hybridized carbons (Fsp3) is 0.818. The van der Waals surface area contributed by atoms with Gasteiger partial charge >= 0.3 is 0 Å². The summed E-state index contributed by atoms with van der Waals surface area (Å²) in [6.45, 7) is 4.24. The van der Waals surface area contributed by atoms with Crippen LogP contribution >= 0.6 is 0 Å². The standard InChI is InChI=1S/C11H18O2/c1-7(13-2)11-9-4-3-8(5-9)10(11)6-12/h8-12H,1,3-6H2,2H3/t8-,9+,10-,11+/m0/s1. The van der Waals surface area contributed by atoms with Gasteiger partial charge in [0, 0.05) is 12.5 Å². The van der Waals surface area contributed by atoms with Gasteiger partial charge in [0.25, 0.3) is 0 Å². The van der Waals surface area contributed by atoms with Crippen molar-refractivity contribution >= 4 is 0 Å². The lowest BCUT2D eigenvalue weighted by Crippen LogP contribution is -2.27. The van der Waals surface area contributed by atoms with E-state index in [1.807, 2.05) is 0 Å². The third kappa shape index (κ3) is 1.28. The molecule has 74 valence electrons. The molecule has 2 bridgehead atoms. The number of aliphatic hydroxyl groups excluding tert-OH is 1. The fourth-order valence-electron chi connectivity index (χ4n) is 3.31. The maximum Gasteiger partial charge on any atom is 0.0921 e. The number of aliphatic hydroxyl groups is 1. The number of rotatable bonds is 3. The second-order valence-electron chi connectivity index (χ2n) is 4.38. The summed E-state index contributed by atoms with van der Waals surface area (Å²) in [7, 11) is 1.68. The van der Waals surface area contributed by atoms with E-state index in [2.05, 4.69) is 6.58 Å². The van der Waals surface area contributed by atoms with E-state index in [1.165, 1.54) is 19.3 Å². The Morgan fingerprint density at radius 1 is 1.46 bits per heavy atom. The second kappa shape index (κ2) is 3.33. The zero-order valence-electron chi connectivity index (χ0n) is 8.20. The van der Waals surface area contributed by atoms with Crippen molar-refractivity contribution in [3.63, 3.8) is 0 Å². The largest absolute Gasteiger partial charge is 0.501 e. The quantitative estimate of drug-likeness (QED) is 0.674. The van der Waals surface area contributed by atoms with Gasteiger partial charge in [0.05, 0.1) is 12.9 Å². The van der Waals surface area contributed by atoms with Crippen LogP contribution < -0.4 is 0 Å². The molecule has 0 aromatic carbocycles. The van der Waals surface area contributed by atoms with Crippen LogP contribution in [0.15, 0.2) is 12.3 Å². The van der Waals surface area contributed by atoms with Gasteiger partial charge in [0.2, 0.25) is 0 Å². The Bertz CT molecular complexity index is 212. The van der Waals surface area contributed by atoms with Crippen molar-refractivity contribution in [1.82, 2.24) is 0 Å². The van der Waals surface area contributed by atoms with Crippen molar-refractivity contribution in [3.8, 4) is 0 Å². The predicted molar refractivity (Wildman–Crippen MR) is 51.0 cm³/mol. The van der Waals surface area contributed by atoms with Crippen molar-refractivity contribution < 1.29 is 9.84 Å². The van der Waals surface area contributed by atoms with Crippen LogP contribution in [0.25, 0.3) is 0 Å². The molecule has 2 aliphatic rings. The first kappa shape index (κ1) is 9.07. The van der Waals surface area contributed by atoms with Crippen LogP contribution in [-0.2, 0) is 4.74 Å². The highest BCUT2D eigenvalue weighted by Gasteiger charge is 2.48. The second-order valence-corrected chi connectivity index (χ2v) is 4.38. The van der Waals surface area contributed by atoms with E-state index < -0.39 is 0 Å². The van der Waals surface area contributed by atoms with Crippen molar-refractivity contribution in [2.75, 3.05) is 13.7 Å². The lowest BCUT2D eigenvalue weighted by molar-refractivity contribution is 0.104. The zero-order valence-corrected chi connectivity index (χ0v) is 8.20. The highest BCUT2D eigenvalue weighted by molar-refractivity contribution is 5.07. The van der Waals surface area contributed by atoms with Gasteiger partial charge in [-0.1, -0.05) is 6.58 Å². The topological polar surface area (TPSA) is 29.5 Å². The zero-order chi connectivity index (χ0) is 9.42. The molecule has 0 unspecified atom stereocenters. The average molecular weight is 182 g/mol. The minimum Gasteiger partial charge on any atom is -0.501 e. The van der Waals surface area contributed by atoms with E-state index in [1.54, 1.807) is 7.11 Å². The smallest absolute Gasteiger partial charge is 0.0921 e. The molecule has 2 aliphatic carbocycles. The molecule has 2 nitrogen and oxygen atoms in total. The van der Waals surface area contributed by atoms with E-state index in [0.717, 1.165) is 17.6 Å². The van der Waals surface area contributed by atoms with E-state index in [0.29, 0.717) is 18.4 Å². The van der Waals surface area contributed by atoms with E-state index >= 15 is 0 Å². The summed E-state index contributed by atoms with van der Waals surface area (Å²) in [4.78, 5) is 0. The molecule has 0 aliphatic heterocycles. The fourth-order valence-corrected chi connectivity index (χ4v) is 3.31. The molecule has 2 fully saturated rings. The van der Waals surface area contributed by atoms with Gasteiger partial charge < -0.3 is 9.84 Å². The van der Waals surface area contributed by atoms with Gasteiger partial charge in [-0.25, -0.2) is 0 Å². The summed E-state index contributed by atoms with van der Waals surface area (Å²) in [5.41, 5.74) is 0. The molecular formula is C11H18O2. The lowest BCUT2D eigenvalue weighted by atomic mass is 9.79. The highest BCUT2D eigenvalue weighted by atomic mass is 16.5. The maximum absolute atomic E-state index is 9.31. The van der Waals surface area contributed by atoms with Crippen LogP contribution in [0, 0.1) is 23.7 Å². The first-order valence-electron chi connectivity index (χ1n) is 5.11. The number of ether oxygens (including phenoxy) is 1. The van der Waals surface area contributed by atoms with E-state index in [-0.39, 0.29) is 0 Å². The number of hydrogen-bond donors (Lipinski definition) is 1. The number of hydrogen-bond acceptors (Lipinski definition) is 2. The Balaban J connectivity index is 2.13. The molecule has 0 amide bonds. The van der Waals surface area contributed by atoms with Gasteiger partial charge in [-0.05, 0) is 37.0 Å². The minimum absolute atomic E-state index is 0.300. The molecule has 0 aromatic heterocycles. The third-order valence-electron chi connectivity index (χ3n) is 3.93. The van der Waals surface area contributed by atoms with Gasteiger partial charge in [0.15, 0.2) is 0 Å². The molecule has 0 heterocycles. The summed E-state index contributed by atoms with van der Waals surface area (Å²) in [6.07, 6.45) is 3.87. The van der Waals surface area contributed by atoms with Crippen molar-refractivity contribution in [2.24, 2.45) is 23.7 Å². The molecule has 1 N–H and O–H groups in total. The summed E-state index contributed by atoms with van der Waals surface area (Å²) >= 11 is 0. The lowest BCUT2D eigenvalue weighted by Gasteiger charge is -2.30. The molecule has 13 heavy (non-hydrogen) atoms. The molecule has 0 spiro atoms. The Labute approximate surface area is 79.6 Å². The summed E-state index contributed by atoms with van der Waals surface area (Å²) in [5, 5.41) is 9.31. The van der Waals surface area contributed by atoms with Gasteiger partial charge in [0.1, 0.15) is 0 Å². The molecular weight excluding hydrogens is 164 g/mol.